The summed E-state index contributed by atoms with van der Waals surface area (Å²) in [6.45, 7) is 0. The molecule has 0 bridgehead atoms. The molecule has 0 aliphatic heterocycles. The molecule has 0 aliphatic carbocycles. The van der Waals surface area contributed by atoms with E-state index in [0.717, 1.165) is 16.7 Å². The summed E-state index contributed by atoms with van der Waals surface area (Å²) in [5, 5.41) is 17.0. The van der Waals surface area contributed by atoms with Crippen molar-refractivity contribution in [3.05, 3.63) is 72.4 Å². The van der Waals surface area contributed by atoms with Gasteiger partial charge in [0.15, 0.2) is 5.69 Å². The fourth-order valence-electron chi connectivity index (χ4n) is 2.14. The minimum absolute atomic E-state index is 0.0615. The van der Waals surface area contributed by atoms with E-state index in [1.807, 2.05) is 60.7 Å². The number of nitrogens with zero attached hydrogens (tertiary/aromatic N) is 2. The summed E-state index contributed by atoms with van der Waals surface area (Å²) in [6.07, 6.45) is 0. The Morgan fingerprint density at radius 1 is 0.810 bits per heavy atom. The van der Waals surface area contributed by atoms with E-state index < -0.39 is 5.97 Å². The Bertz CT molecular complexity index is 771. The molecule has 4 heteroatoms. The zero-order chi connectivity index (χ0) is 14.7. The highest BCUT2D eigenvalue weighted by Crippen LogP contribution is 2.30. The number of carboxylic acid groups (broad SMARTS) is 1. The molecule has 0 saturated carbocycles. The smallest absolute Gasteiger partial charge is 0.356 e. The van der Waals surface area contributed by atoms with E-state index in [4.69, 9.17) is 5.11 Å². The Morgan fingerprint density at radius 2 is 1.38 bits per heavy atom. The number of aromatic carboxylic acids is 1. The maximum absolute atomic E-state index is 11.1. The van der Waals surface area contributed by atoms with Crippen LogP contribution in [0.2, 0.25) is 0 Å². The molecule has 102 valence electrons. The summed E-state index contributed by atoms with van der Waals surface area (Å²) in [5.74, 6) is -1.08. The molecule has 0 fully saturated rings. The minimum atomic E-state index is -1.08. The van der Waals surface area contributed by atoms with Crippen LogP contribution in [0.4, 0.5) is 0 Å². The van der Waals surface area contributed by atoms with E-state index in [0.29, 0.717) is 5.69 Å². The fourth-order valence-corrected chi connectivity index (χ4v) is 2.14. The van der Waals surface area contributed by atoms with Gasteiger partial charge in [0.05, 0.1) is 0 Å². The van der Waals surface area contributed by atoms with Crippen LogP contribution in [0.1, 0.15) is 10.5 Å². The van der Waals surface area contributed by atoms with Crippen LogP contribution in [0.15, 0.2) is 66.7 Å². The molecule has 3 aromatic rings. The number of carboxylic acids is 1. The van der Waals surface area contributed by atoms with Crippen molar-refractivity contribution in [2.45, 2.75) is 0 Å². The number of rotatable bonds is 3. The van der Waals surface area contributed by atoms with Crippen molar-refractivity contribution in [3.8, 4) is 22.4 Å². The quantitative estimate of drug-likeness (QED) is 0.795. The molecule has 3 rings (SSSR count). The lowest BCUT2D eigenvalue weighted by Gasteiger charge is -2.09. The van der Waals surface area contributed by atoms with Gasteiger partial charge in [-0.1, -0.05) is 60.7 Å². The first-order valence-corrected chi connectivity index (χ1v) is 6.47. The van der Waals surface area contributed by atoms with Gasteiger partial charge in [-0.2, -0.15) is 0 Å². The van der Waals surface area contributed by atoms with E-state index in [1.165, 1.54) is 0 Å². The molecule has 0 amide bonds. The second-order valence-corrected chi connectivity index (χ2v) is 4.53. The van der Waals surface area contributed by atoms with Gasteiger partial charge in [0.25, 0.3) is 0 Å². The first-order valence-electron chi connectivity index (χ1n) is 6.47. The monoisotopic (exact) mass is 276 g/mol. The number of aromatic nitrogens is 2. The molecule has 0 spiro atoms. The number of hydrogen-bond donors (Lipinski definition) is 1. The van der Waals surface area contributed by atoms with Crippen LogP contribution in [-0.2, 0) is 0 Å². The van der Waals surface area contributed by atoms with Gasteiger partial charge in [-0.3, -0.25) is 0 Å². The SMILES string of the molecule is O=C(O)c1cc(-c2ccccc2)c(-c2ccccc2)nn1. The van der Waals surface area contributed by atoms with Gasteiger partial charge in [0.2, 0.25) is 0 Å². The number of benzene rings is 2. The van der Waals surface area contributed by atoms with Gasteiger partial charge < -0.3 is 5.11 Å². The van der Waals surface area contributed by atoms with Crippen molar-refractivity contribution in [2.24, 2.45) is 0 Å². The summed E-state index contributed by atoms with van der Waals surface area (Å²) in [7, 11) is 0. The Balaban J connectivity index is 2.23. The van der Waals surface area contributed by atoms with Crippen LogP contribution >= 0.6 is 0 Å². The molecule has 1 aromatic heterocycles. The lowest BCUT2D eigenvalue weighted by Crippen LogP contribution is -2.04. The molecule has 0 saturated heterocycles. The molecule has 4 nitrogen and oxygen atoms in total. The zero-order valence-corrected chi connectivity index (χ0v) is 11.1. The molecule has 0 unspecified atom stereocenters. The molecule has 21 heavy (non-hydrogen) atoms. The Kier molecular flexibility index (Phi) is 3.43. The molecule has 0 radical (unpaired) electrons. The second kappa shape index (κ2) is 5.54. The Morgan fingerprint density at radius 3 is 1.95 bits per heavy atom. The highest BCUT2D eigenvalue weighted by atomic mass is 16.4. The molecule has 2 aromatic carbocycles. The predicted octanol–water partition coefficient (Wildman–Crippen LogP) is 3.51. The van der Waals surface area contributed by atoms with Gasteiger partial charge in [-0.25, -0.2) is 4.79 Å². The van der Waals surface area contributed by atoms with Crippen molar-refractivity contribution < 1.29 is 9.90 Å². The minimum Gasteiger partial charge on any atom is -0.476 e. The second-order valence-electron chi connectivity index (χ2n) is 4.53. The van der Waals surface area contributed by atoms with E-state index in [-0.39, 0.29) is 5.69 Å². The van der Waals surface area contributed by atoms with Crippen LogP contribution in [0, 0.1) is 0 Å². The number of hydrogen-bond acceptors (Lipinski definition) is 3. The standard InChI is InChI=1S/C17H12N2O2/c20-17(21)15-11-14(12-7-3-1-4-8-12)16(19-18-15)13-9-5-2-6-10-13/h1-11H,(H,20,21). The topological polar surface area (TPSA) is 63.1 Å². The van der Waals surface area contributed by atoms with Crippen molar-refractivity contribution in [1.29, 1.82) is 0 Å². The molecular formula is C17H12N2O2. The summed E-state index contributed by atoms with van der Waals surface area (Å²) in [5.41, 5.74) is 3.18. The molecule has 1 N–H and O–H groups in total. The number of carbonyl (C=O) groups is 1. The Labute approximate surface area is 121 Å². The van der Waals surface area contributed by atoms with Crippen LogP contribution in [0.5, 0.6) is 0 Å². The first kappa shape index (κ1) is 13.0. The third-order valence-electron chi connectivity index (χ3n) is 3.15. The van der Waals surface area contributed by atoms with E-state index >= 15 is 0 Å². The van der Waals surface area contributed by atoms with Crippen LogP contribution in [-0.4, -0.2) is 21.3 Å². The van der Waals surface area contributed by atoms with Gasteiger partial charge >= 0.3 is 5.97 Å². The average molecular weight is 276 g/mol. The Hall–Kier alpha value is -3.01. The van der Waals surface area contributed by atoms with E-state index in [2.05, 4.69) is 10.2 Å². The summed E-state index contributed by atoms with van der Waals surface area (Å²) in [4.78, 5) is 11.1. The van der Waals surface area contributed by atoms with E-state index in [9.17, 15) is 4.79 Å². The van der Waals surface area contributed by atoms with Crippen molar-refractivity contribution >= 4 is 5.97 Å². The molecule has 0 aliphatic rings. The summed E-state index contributed by atoms with van der Waals surface area (Å²) in [6, 6.07) is 20.7. The lowest BCUT2D eigenvalue weighted by molar-refractivity contribution is 0.0689. The molecular weight excluding hydrogens is 264 g/mol. The zero-order valence-electron chi connectivity index (χ0n) is 11.1. The van der Waals surface area contributed by atoms with Gasteiger partial charge in [-0.15, -0.1) is 10.2 Å². The highest BCUT2D eigenvalue weighted by molar-refractivity contribution is 5.89. The first-order chi connectivity index (χ1) is 10.3. The van der Waals surface area contributed by atoms with Crippen LogP contribution < -0.4 is 0 Å². The molecule has 1 heterocycles. The van der Waals surface area contributed by atoms with Crippen LogP contribution in [0.25, 0.3) is 22.4 Å². The third-order valence-corrected chi connectivity index (χ3v) is 3.15. The normalized spacial score (nSPS) is 10.3. The summed E-state index contributed by atoms with van der Waals surface area (Å²) >= 11 is 0. The highest BCUT2D eigenvalue weighted by Gasteiger charge is 2.14. The summed E-state index contributed by atoms with van der Waals surface area (Å²) < 4.78 is 0. The predicted molar refractivity (Wildman–Crippen MR) is 79.9 cm³/mol. The molecule has 0 atom stereocenters. The van der Waals surface area contributed by atoms with Gasteiger partial charge in [0, 0.05) is 11.1 Å². The van der Waals surface area contributed by atoms with Crippen molar-refractivity contribution in [1.82, 2.24) is 10.2 Å². The van der Waals surface area contributed by atoms with E-state index in [1.54, 1.807) is 6.07 Å². The third kappa shape index (κ3) is 2.65. The van der Waals surface area contributed by atoms with Gasteiger partial charge in [-0.05, 0) is 11.6 Å². The van der Waals surface area contributed by atoms with Gasteiger partial charge in [0.1, 0.15) is 5.69 Å². The van der Waals surface area contributed by atoms with Crippen LogP contribution in [0.3, 0.4) is 0 Å². The largest absolute Gasteiger partial charge is 0.476 e. The fraction of sp³-hybridized carbons (Fsp3) is 0. The maximum Gasteiger partial charge on any atom is 0.356 e. The average Bonchev–Trinajstić information content (AvgIpc) is 2.56. The lowest BCUT2D eigenvalue weighted by atomic mass is 9.99. The maximum atomic E-state index is 11.1. The van der Waals surface area contributed by atoms with Crippen molar-refractivity contribution in [3.63, 3.8) is 0 Å². The van der Waals surface area contributed by atoms with Crippen molar-refractivity contribution in [2.75, 3.05) is 0 Å².